The molecular weight excluding hydrogens is 471 g/mol. The predicted molar refractivity (Wildman–Crippen MR) is 124 cm³/mol. The van der Waals surface area contributed by atoms with Gasteiger partial charge in [-0.15, -0.1) is 0 Å². The SMILES string of the molecule is C=C(S/C=N\N)C1(O)CCC(N2CC(NC(=O)CNC(=O)c3cccc(C(F)(F)F)c3)C2)CC1. The van der Waals surface area contributed by atoms with Gasteiger partial charge >= 0.3 is 6.18 Å². The van der Waals surface area contributed by atoms with Crippen molar-refractivity contribution in [2.45, 2.75) is 49.5 Å². The highest BCUT2D eigenvalue weighted by Gasteiger charge is 2.41. The molecule has 34 heavy (non-hydrogen) atoms. The maximum Gasteiger partial charge on any atom is 0.416 e. The molecule has 0 spiro atoms. The summed E-state index contributed by atoms with van der Waals surface area (Å²) in [5.74, 6) is 3.94. The van der Waals surface area contributed by atoms with E-state index in [0.29, 0.717) is 36.9 Å². The summed E-state index contributed by atoms with van der Waals surface area (Å²) in [4.78, 5) is 27.1. The third kappa shape index (κ3) is 6.51. The van der Waals surface area contributed by atoms with Crippen molar-refractivity contribution in [2.75, 3.05) is 19.6 Å². The van der Waals surface area contributed by atoms with Gasteiger partial charge in [0.05, 0.1) is 29.3 Å². The molecule has 1 saturated carbocycles. The molecule has 0 radical (unpaired) electrons. The van der Waals surface area contributed by atoms with Gasteiger partial charge in [-0.25, -0.2) is 0 Å². The van der Waals surface area contributed by atoms with Gasteiger partial charge in [0.1, 0.15) is 0 Å². The second-order valence-corrected chi connectivity index (χ2v) is 9.48. The number of carbonyl (C=O) groups is 2. The molecule has 0 atom stereocenters. The van der Waals surface area contributed by atoms with Crippen LogP contribution in [0, 0.1) is 0 Å². The van der Waals surface area contributed by atoms with Gasteiger partial charge in [0.2, 0.25) is 5.91 Å². The van der Waals surface area contributed by atoms with Crippen molar-refractivity contribution in [1.82, 2.24) is 15.5 Å². The number of thioether (sulfide) groups is 1. The van der Waals surface area contributed by atoms with Gasteiger partial charge in [0.25, 0.3) is 5.91 Å². The first-order valence-electron chi connectivity index (χ1n) is 10.8. The Morgan fingerprint density at radius 2 is 2.00 bits per heavy atom. The lowest BCUT2D eigenvalue weighted by atomic mass is 9.80. The number of hydrazone groups is 1. The zero-order valence-corrected chi connectivity index (χ0v) is 19.3. The molecule has 1 saturated heterocycles. The van der Waals surface area contributed by atoms with E-state index in [1.165, 1.54) is 23.4 Å². The van der Waals surface area contributed by atoms with Crippen molar-refractivity contribution in [2.24, 2.45) is 10.9 Å². The quantitative estimate of drug-likeness (QED) is 0.188. The average molecular weight is 500 g/mol. The predicted octanol–water partition coefficient (Wildman–Crippen LogP) is 2.06. The fourth-order valence-corrected chi connectivity index (χ4v) is 4.82. The summed E-state index contributed by atoms with van der Waals surface area (Å²) < 4.78 is 38.4. The molecule has 3 rings (SSSR count). The summed E-state index contributed by atoms with van der Waals surface area (Å²) in [5, 5.41) is 19.4. The fourth-order valence-electron chi connectivity index (χ4n) is 4.21. The van der Waals surface area contributed by atoms with E-state index in [0.717, 1.165) is 31.0 Å². The number of alkyl halides is 3. The topological polar surface area (TPSA) is 120 Å². The minimum Gasteiger partial charge on any atom is -0.385 e. The van der Waals surface area contributed by atoms with E-state index in [-0.39, 0.29) is 18.2 Å². The molecule has 1 heterocycles. The van der Waals surface area contributed by atoms with E-state index in [1.54, 1.807) is 0 Å². The van der Waals surface area contributed by atoms with E-state index in [4.69, 9.17) is 5.84 Å². The zero-order chi connectivity index (χ0) is 24.9. The number of benzene rings is 1. The summed E-state index contributed by atoms with van der Waals surface area (Å²) in [6.07, 6.45) is -1.80. The highest BCUT2D eigenvalue weighted by atomic mass is 32.2. The number of rotatable bonds is 8. The monoisotopic (exact) mass is 499 g/mol. The Bertz CT molecular complexity index is 942. The molecule has 1 aromatic carbocycles. The number of likely N-dealkylation sites (tertiary alicyclic amines) is 1. The summed E-state index contributed by atoms with van der Waals surface area (Å²) in [6, 6.07) is 4.28. The van der Waals surface area contributed by atoms with E-state index >= 15 is 0 Å². The van der Waals surface area contributed by atoms with Crippen LogP contribution in [0.15, 0.2) is 40.9 Å². The highest BCUT2D eigenvalue weighted by Crippen LogP contribution is 2.40. The number of nitrogens with two attached hydrogens (primary N) is 1. The first-order chi connectivity index (χ1) is 16.0. The highest BCUT2D eigenvalue weighted by molar-refractivity contribution is 8.15. The smallest absolute Gasteiger partial charge is 0.385 e. The number of carbonyl (C=O) groups excluding carboxylic acids is 2. The lowest BCUT2D eigenvalue weighted by Gasteiger charge is -2.48. The third-order valence-electron chi connectivity index (χ3n) is 6.21. The van der Waals surface area contributed by atoms with Crippen molar-refractivity contribution in [3.05, 3.63) is 46.9 Å². The standard InChI is InChI=1S/C22H28F3N5O3S/c1-14(34-13-28-26)21(33)7-5-18(6-8-21)30-11-17(12-30)29-19(31)10-27-20(32)15-3-2-4-16(9-15)22(23,24)25/h2-4,9,13,17-18,33H,1,5-8,10-12,26H2,(H,27,32)(H,29,31)/b28-13-. The molecule has 2 fully saturated rings. The van der Waals surface area contributed by atoms with Crippen molar-refractivity contribution < 1.29 is 27.9 Å². The van der Waals surface area contributed by atoms with Gasteiger partial charge < -0.3 is 21.6 Å². The Labute approximate surface area is 199 Å². The summed E-state index contributed by atoms with van der Waals surface area (Å²) in [7, 11) is 0. The van der Waals surface area contributed by atoms with E-state index in [9.17, 15) is 27.9 Å². The lowest BCUT2D eigenvalue weighted by Crippen LogP contribution is -2.63. The number of halogens is 3. The molecular formula is C22H28F3N5O3S. The molecule has 0 unspecified atom stereocenters. The number of hydrogen-bond donors (Lipinski definition) is 4. The van der Waals surface area contributed by atoms with Crippen LogP contribution >= 0.6 is 11.8 Å². The lowest BCUT2D eigenvalue weighted by molar-refractivity contribution is -0.137. The molecule has 2 amide bonds. The van der Waals surface area contributed by atoms with Crippen LogP contribution in [0.4, 0.5) is 13.2 Å². The van der Waals surface area contributed by atoms with Crippen molar-refractivity contribution in [1.29, 1.82) is 0 Å². The van der Waals surface area contributed by atoms with E-state index in [1.807, 2.05) is 0 Å². The van der Waals surface area contributed by atoms with Gasteiger partial charge in [-0.3, -0.25) is 14.5 Å². The van der Waals surface area contributed by atoms with Crippen LogP contribution in [0.2, 0.25) is 0 Å². The third-order valence-corrected chi connectivity index (χ3v) is 7.10. The Kier molecular flexibility index (Phi) is 8.26. The maximum absolute atomic E-state index is 12.8. The van der Waals surface area contributed by atoms with Crippen LogP contribution in [0.1, 0.15) is 41.6 Å². The second kappa shape index (κ2) is 10.8. The molecule has 2 aliphatic rings. The van der Waals surface area contributed by atoms with Gasteiger partial charge in [-0.05, 0) is 43.9 Å². The average Bonchev–Trinajstić information content (AvgIpc) is 2.78. The Balaban J connectivity index is 1.37. The molecule has 1 aromatic rings. The molecule has 0 bridgehead atoms. The molecule has 1 aliphatic carbocycles. The van der Waals surface area contributed by atoms with Gasteiger partial charge in [-0.2, -0.15) is 18.3 Å². The molecule has 186 valence electrons. The van der Waals surface area contributed by atoms with Gasteiger partial charge in [-0.1, -0.05) is 24.4 Å². The maximum atomic E-state index is 12.8. The van der Waals surface area contributed by atoms with Crippen molar-refractivity contribution in [3.63, 3.8) is 0 Å². The largest absolute Gasteiger partial charge is 0.416 e. The fraction of sp³-hybridized carbons (Fsp3) is 0.500. The molecule has 1 aliphatic heterocycles. The van der Waals surface area contributed by atoms with Crippen LogP contribution in [0.5, 0.6) is 0 Å². The summed E-state index contributed by atoms with van der Waals surface area (Å²) >= 11 is 1.22. The normalized spacial score (nSPS) is 23.9. The van der Waals surface area contributed by atoms with Gasteiger partial charge in [0.15, 0.2) is 0 Å². The number of aliphatic hydroxyl groups is 1. The molecule has 5 N–H and O–H groups in total. The second-order valence-electron chi connectivity index (χ2n) is 8.54. The molecule has 8 nitrogen and oxygen atoms in total. The van der Waals surface area contributed by atoms with Crippen LogP contribution < -0.4 is 16.5 Å². The minimum atomic E-state index is -4.55. The Morgan fingerprint density at radius 3 is 2.62 bits per heavy atom. The van der Waals surface area contributed by atoms with E-state index < -0.39 is 29.2 Å². The van der Waals surface area contributed by atoms with E-state index in [2.05, 4.69) is 27.2 Å². The van der Waals surface area contributed by atoms with Crippen LogP contribution in [-0.4, -0.2) is 64.7 Å². The first-order valence-corrected chi connectivity index (χ1v) is 11.7. The molecule has 12 heteroatoms. The van der Waals surface area contributed by atoms with Crippen molar-refractivity contribution in [3.8, 4) is 0 Å². The van der Waals surface area contributed by atoms with Crippen LogP contribution in [0.3, 0.4) is 0 Å². The molecule has 0 aromatic heterocycles. The minimum absolute atomic E-state index is 0.0648. The van der Waals surface area contributed by atoms with Crippen LogP contribution in [0.25, 0.3) is 0 Å². The number of nitrogens with zero attached hydrogens (tertiary/aromatic N) is 2. The Hall–Kier alpha value is -2.57. The number of nitrogens with one attached hydrogen (secondary N) is 2. The van der Waals surface area contributed by atoms with Crippen LogP contribution in [-0.2, 0) is 11.0 Å². The summed E-state index contributed by atoms with van der Waals surface area (Å²) in [6.45, 7) is 4.92. The van der Waals surface area contributed by atoms with Gasteiger partial charge in [0, 0.05) is 29.6 Å². The number of hydrogen-bond acceptors (Lipinski definition) is 7. The first kappa shape index (κ1) is 26.0. The number of amides is 2. The van der Waals surface area contributed by atoms with Crippen molar-refractivity contribution >= 4 is 29.1 Å². The summed E-state index contributed by atoms with van der Waals surface area (Å²) in [5.41, 5.74) is -0.589. The zero-order valence-electron chi connectivity index (χ0n) is 18.5. The Morgan fingerprint density at radius 1 is 1.32 bits per heavy atom.